The fourth-order valence-electron chi connectivity index (χ4n) is 1.88. The first-order valence-electron chi connectivity index (χ1n) is 6.96. The van der Waals surface area contributed by atoms with Crippen LogP contribution in [0, 0.1) is 0 Å². The summed E-state index contributed by atoms with van der Waals surface area (Å²) in [6.07, 6.45) is 0.718. The van der Waals surface area contributed by atoms with E-state index in [1.54, 1.807) is 7.11 Å². The molecule has 6 nitrogen and oxygen atoms in total. The van der Waals surface area contributed by atoms with Crippen LogP contribution in [-0.2, 0) is 13.0 Å². The smallest absolute Gasteiger partial charge is 0.229 e. The summed E-state index contributed by atoms with van der Waals surface area (Å²) in [5.74, 6) is 2.91. The largest absolute Gasteiger partial charge is 0.497 e. The second kappa shape index (κ2) is 7.08. The van der Waals surface area contributed by atoms with Gasteiger partial charge in [0, 0.05) is 5.92 Å². The van der Waals surface area contributed by atoms with Crippen molar-refractivity contribution in [3.05, 3.63) is 35.5 Å². The minimum Gasteiger partial charge on any atom is -0.497 e. The third-order valence-corrected chi connectivity index (χ3v) is 3.02. The van der Waals surface area contributed by atoms with Gasteiger partial charge in [-0.05, 0) is 36.7 Å². The van der Waals surface area contributed by atoms with Gasteiger partial charge in [0.25, 0.3) is 0 Å². The van der Waals surface area contributed by atoms with Crippen molar-refractivity contribution in [2.75, 3.05) is 13.7 Å². The van der Waals surface area contributed by atoms with Gasteiger partial charge < -0.3 is 19.7 Å². The van der Waals surface area contributed by atoms with Crippen LogP contribution in [0.25, 0.3) is 0 Å². The Balaban J connectivity index is 2.07. The molecule has 2 N–H and O–H groups in total. The summed E-state index contributed by atoms with van der Waals surface area (Å²) < 4.78 is 16.1. The van der Waals surface area contributed by atoms with Crippen LogP contribution in [0.5, 0.6) is 11.5 Å². The quantitative estimate of drug-likeness (QED) is 0.842. The zero-order valence-corrected chi connectivity index (χ0v) is 12.6. The van der Waals surface area contributed by atoms with Crippen molar-refractivity contribution in [3.8, 4) is 11.5 Å². The van der Waals surface area contributed by atoms with Gasteiger partial charge in [-0.3, -0.25) is 0 Å². The Bertz CT molecular complexity index is 581. The molecule has 0 spiro atoms. The second-order valence-electron chi connectivity index (χ2n) is 5.00. The van der Waals surface area contributed by atoms with Gasteiger partial charge in [0.1, 0.15) is 11.5 Å². The fraction of sp³-hybridized carbons (Fsp3) is 0.467. The van der Waals surface area contributed by atoms with Crippen LogP contribution >= 0.6 is 0 Å². The summed E-state index contributed by atoms with van der Waals surface area (Å²) in [5.41, 5.74) is 6.63. The van der Waals surface area contributed by atoms with Crippen LogP contribution in [0.1, 0.15) is 37.0 Å². The van der Waals surface area contributed by atoms with Gasteiger partial charge in [-0.25, -0.2) is 0 Å². The van der Waals surface area contributed by atoms with E-state index in [9.17, 15) is 0 Å². The van der Waals surface area contributed by atoms with E-state index < -0.39 is 0 Å². The van der Waals surface area contributed by atoms with Crippen LogP contribution in [0.2, 0.25) is 0 Å². The highest BCUT2D eigenvalue weighted by Crippen LogP contribution is 2.25. The summed E-state index contributed by atoms with van der Waals surface area (Å²) in [5, 5.41) is 3.90. The molecule has 21 heavy (non-hydrogen) atoms. The molecule has 6 heteroatoms. The van der Waals surface area contributed by atoms with Crippen molar-refractivity contribution in [3.63, 3.8) is 0 Å². The molecule has 0 aliphatic rings. The second-order valence-corrected chi connectivity index (χ2v) is 5.00. The lowest BCUT2D eigenvalue weighted by atomic mass is 10.1. The lowest BCUT2D eigenvalue weighted by Gasteiger charge is -2.11. The minimum absolute atomic E-state index is 0.208. The van der Waals surface area contributed by atoms with E-state index in [1.165, 1.54) is 0 Å². The van der Waals surface area contributed by atoms with Crippen molar-refractivity contribution in [1.29, 1.82) is 0 Å². The summed E-state index contributed by atoms with van der Waals surface area (Å²) in [6, 6.07) is 5.65. The van der Waals surface area contributed by atoms with Crippen LogP contribution in [0.15, 0.2) is 22.7 Å². The average Bonchev–Trinajstić information content (AvgIpc) is 2.95. The van der Waals surface area contributed by atoms with Gasteiger partial charge in [0.05, 0.1) is 7.11 Å². The summed E-state index contributed by atoms with van der Waals surface area (Å²) >= 11 is 0. The number of rotatable bonds is 7. The zero-order valence-electron chi connectivity index (χ0n) is 12.6. The Labute approximate surface area is 124 Å². The number of hydrogen-bond acceptors (Lipinski definition) is 6. The van der Waals surface area contributed by atoms with Crippen LogP contribution in [-0.4, -0.2) is 23.8 Å². The van der Waals surface area contributed by atoms with Gasteiger partial charge in [-0.15, -0.1) is 0 Å². The molecule has 1 aromatic carbocycles. The summed E-state index contributed by atoms with van der Waals surface area (Å²) in [7, 11) is 1.63. The van der Waals surface area contributed by atoms with Crippen LogP contribution in [0.3, 0.4) is 0 Å². The highest BCUT2D eigenvalue weighted by molar-refractivity contribution is 5.40. The molecule has 2 rings (SSSR count). The Morgan fingerprint density at radius 2 is 2.14 bits per heavy atom. The van der Waals surface area contributed by atoms with Gasteiger partial charge in [-0.2, -0.15) is 4.98 Å². The van der Waals surface area contributed by atoms with Gasteiger partial charge in [-0.1, -0.05) is 19.0 Å². The molecular formula is C15H21N3O3. The number of nitrogens with two attached hydrogens (primary N) is 1. The summed E-state index contributed by atoms with van der Waals surface area (Å²) in [6.45, 7) is 4.81. The minimum atomic E-state index is 0.208. The van der Waals surface area contributed by atoms with Crippen molar-refractivity contribution in [1.82, 2.24) is 10.1 Å². The first-order valence-corrected chi connectivity index (χ1v) is 6.96. The SMILES string of the molecule is COc1ccc(OCc2noc(C(C)C)n2)c(CCN)c1. The Hall–Kier alpha value is -2.08. The molecule has 0 fully saturated rings. The average molecular weight is 291 g/mol. The first-order chi connectivity index (χ1) is 10.1. The van der Waals surface area contributed by atoms with Gasteiger partial charge >= 0.3 is 0 Å². The fourth-order valence-corrected chi connectivity index (χ4v) is 1.88. The van der Waals surface area contributed by atoms with Gasteiger partial charge in [0.2, 0.25) is 11.7 Å². The van der Waals surface area contributed by atoms with Crippen molar-refractivity contribution in [2.45, 2.75) is 32.8 Å². The van der Waals surface area contributed by atoms with E-state index in [2.05, 4.69) is 10.1 Å². The molecule has 0 saturated carbocycles. The number of methoxy groups -OCH3 is 1. The topological polar surface area (TPSA) is 83.4 Å². The molecule has 0 bridgehead atoms. The monoisotopic (exact) mass is 291 g/mol. The number of aromatic nitrogens is 2. The standard InChI is InChI=1S/C15H21N3O3/c1-10(2)15-17-14(18-21-15)9-20-13-5-4-12(19-3)8-11(13)6-7-16/h4-5,8,10H,6-7,9,16H2,1-3H3. The normalized spacial score (nSPS) is 10.9. The van der Waals surface area contributed by atoms with Gasteiger partial charge in [0.15, 0.2) is 6.61 Å². The Kier molecular flexibility index (Phi) is 5.16. The number of ether oxygens (including phenoxy) is 2. The molecule has 0 amide bonds. The van der Waals surface area contributed by atoms with E-state index in [-0.39, 0.29) is 12.5 Å². The maximum atomic E-state index is 5.77. The Morgan fingerprint density at radius 1 is 1.33 bits per heavy atom. The van der Waals surface area contributed by atoms with Crippen molar-refractivity contribution >= 4 is 0 Å². The lowest BCUT2D eigenvalue weighted by molar-refractivity contribution is 0.281. The number of hydrogen-bond donors (Lipinski definition) is 1. The van der Waals surface area contributed by atoms with Crippen molar-refractivity contribution < 1.29 is 14.0 Å². The number of benzene rings is 1. The predicted molar refractivity (Wildman–Crippen MR) is 78.5 cm³/mol. The molecule has 0 saturated heterocycles. The molecule has 1 aromatic heterocycles. The third-order valence-electron chi connectivity index (χ3n) is 3.02. The number of nitrogens with zero attached hydrogens (tertiary/aromatic N) is 2. The van der Waals surface area contributed by atoms with Crippen molar-refractivity contribution in [2.24, 2.45) is 5.73 Å². The predicted octanol–water partition coefficient (Wildman–Crippen LogP) is 2.28. The molecule has 114 valence electrons. The highest BCUT2D eigenvalue weighted by atomic mass is 16.5. The maximum absolute atomic E-state index is 5.77. The lowest BCUT2D eigenvalue weighted by Crippen LogP contribution is -2.06. The van der Waals surface area contributed by atoms with E-state index >= 15 is 0 Å². The van der Waals surface area contributed by atoms with Crippen LogP contribution < -0.4 is 15.2 Å². The molecule has 0 aliphatic carbocycles. The molecule has 0 aliphatic heterocycles. The molecule has 0 radical (unpaired) electrons. The van der Waals surface area contributed by atoms with E-state index in [0.29, 0.717) is 18.3 Å². The maximum Gasteiger partial charge on any atom is 0.229 e. The van der Waals surface area contributed by atoms with E-state index in [4.69, 9.17) is 19.7 Å². The molecule has 0 atom stereocenters. The Morgan fingerprint density at radius 3 is 2.76 bits per heavy atom. The molecule has 0 unspecified atom stereocenters. The molecular weight excluding hydrogens is 270 g/mol. The molecule has 2 aromatic rings. The highest BCUT2D eigenvalue weighted by Gasteiger charge is 2.11. The zero-order chi connectivity index (χ0) is 15.2. The van der Waals surface area contributed by atoms with E-state index in [0.717, 1.165) is 23.5 Å². The van der Waals surface area contributed by atoms with Crippen LogP contribution in [0.4, 0.5) is 0 Å². The summed E-state index contributed by atoms with van der Waals surface area (Å²) in [4.78, 5) is 4.28. The third kappa shape index (κ3) is 3.95. The first kappa shape index (κ1) is 15.3. The van der Waals surface area contributed by atoms with E-state index in [1.807, 2.05) is 32.0 Å². The molecule has 1 heterocycles.